The maximum absolute atomic E-state index is 10.00. The van der Waals surface area contributed by atoms with Crippen LogP contribution in [0.15, 0.2) is 41.3 Å². The molecule has 3 rings (SSSR count). The van der Waals surface area contributed by atoms with Crippen LogP contribution in [-0.2, 0) is 0 Å². The lowest BCUT2D eigenvalue weighted by Crippen LogP contribution is -2.50. The summed E-state index contributed by atoms with van der Waals surface area (Å²) >= 11 is 1.25. The van der Waals surface area contributed by atoms with Crippen molar-refractivity contribution >= 4 is 11.8 Å². The SMILES string of the molecule is O[C@@H]1[C@@H](O)[C@H](Oc2cccnc2-c2ccoc2)SC[C@H]1O. The van der Waals surface area contributed by atoms with E-state index in [-0.39, 0.29) is 0 Å². The van der Waals surface area contributed by atoms with Crippen molar-refractivity contribution in [3.05, 3.63) is 36.9 Å². The van der Waals surface area contributed by atoms with Gasteiger partial charge < -0.3 is 24.5 Å². The van der Waals surface area contributed by atoms with Gasteiger partial charge >= 0.3 is 0 Å². The van der Waals surface area contributed by atoms with Crippen LogP contribution in [-0.4, -0.2) is 49.8 Å². The van der Waals surface area contributed by atoms with Crippen molar-refractivity contribution in [3.8, 4) is 17.0 Å². The summed E-state index contributed by atoms with van der Waals surface area (Å²) in [6.45, 7) is 0. The molecular weight excluding hydrogens is 294 g/mol. The number of rotatable bonds is 3. The fourth-order valence-corrected chi connectivity index (χ4v) is 3.22. The van der Waals surface area contributed by atoms with Crippen molar-refractivity contribution in [1.29, 1.82) is 0 Å². The molecular formula is C14H15NO5S. The standard InChI is InChI=1S/C14H15NO5S/c16-9-7-21-14(13(18)12(9)17)20-10-2-1-4-15-11(10)8-3-5-19-6-8/h1-6,9,12-14,16-18H,7H2/t9-,12+,13-,14-/m1/s1. The van der Waals surface area contributed by atoms with Crippen LogP contribution in [0.2, 0.25) is 0 Å². The molecule has 2 aromatic rings. The molecule has 1 aliphatic heterocycles. The maximum atomic E-state index is 10.00. The van der Waals surface area contributed by atoms with E-state index in [1.165, 1.54) is 18.0 Å². The molecule has 0 bridgehead atoms. The van der Waals surface area contributed by atoms with E-state index in [1.54, 1.807) is 30.7 Å². The fraction of sp³-hybridized carbons (Fsp3) is 0.357. The summed E-state index contributed by atoms with van der Waals surface area (Å²) in [4.78, 5) is 4.26. The van der Waals surface area contributed by atoms with E-state index >= 15 is 0 Å². The Balaban J connectivity index is 1.83. The Bertz CT molecular complexity index is 591. The van der Waals surface area contributed by atoms with Gasteiger partial charge in [0, 0.05) is 17.5 Å². The minimum absolute atomic E-state index is 0.296. The van der Waals surface area contributed by atoms with E-state index in [9.17, 15) is 15.3 Å². The number of pyridine rings is 1. The Labute approximate surface area is 125 Å². The molecule has 0 radical (unpaired) electrons. The predicted octanol–water partition coefficient (Wildman–Crippen LogP) is 0.876. The third-order valence-corrected chi connectivity index (χ3v) is 4.50. The minimum Gasteiger partial charge on any atom is -0.475 e. The number of furan rings is 1. The van der Waals surface area contributed by atoms with Crippen molar-refractivity contribution in [2.24, 2.45) is 0 Å². The molecule has 3 heterocycles. The highest BCUT2D eigenvalue weighted by Crippen LogP contribution is 2.33. The molecule has 4 atom stereocenters. The van der Waals surface area contributed by atoms with Gasteiger partial charge in [0.25, 0.3) is 0 Å². The van der Waals surface area contributed by atoms with Crippen molar-refractivity contribution in [2.45, 2.75) is 23.7 Å². The lowest BCUT2D eigenvalue weighted by molar-refractivity contribution is -0.0785. The Morgan fingerprint density at radius 3 is 2.86 bits per heavy atom. The van der Waals surface area contributed by atoms with Gasteiger partial charge in [-0.1, -0.05) is 0 Å². The van der Waals surface area contributed by atoms with E-state index in [4.69, 9.17) is 9.15 Å². The zero-order valence-corrected chi connectivity index (χ0v) is 11.8. The number of nitrogens with zero attached hydrogens (tertiary/aromatic N) is 1. The van der Waals surface area contributed by atoms with Gasteiger partial charge in [0.15, 0.2) is 5.44 Å². The highest BCUT2D eigenvalue weighted by Gasteiger charge is 2.38. The molecule has 0 amide bonds. The molecule has 6 nitrogen and oxygen atoms in total. The first kappa shape index (κ1) is 14.4. The maximum Gasteiger partial charge on any atom is 0.173 e. The molecule has 0 aliphatic carbocycles. The molecule has 7 heteroatoms. The largest absolute Gasteiger partial charge is 0.475 e. The predicted molar refractivity (Wildman–Crippen MR) is 76.8 cm³/mol. The molecule has 21 heavy (non-hydrogen) atoms. The van der Waals surface area contributed by atoms with Gasteiger partial charge in [0.05, 0.1) is 18.6 Å². The van der Waals surface area contributed by atoms with E-state index in [0.717, 1.165) is 5.56 Å². The summed E-state index contributed by atoms with van der Waals surface area (Å²) in [5.41, 5.74) is 0.694. The summed E-state index contributed by atoms with van der Waals surface area (Å²) < 4.78 is 10.8. The lowest BCUT2D eigenvalue weighted by atomic mass is 10.1. The normalized spacial score (nSPS) is 29.3. The van der Waals surface area contributed by atoms with Crippen molar-refractivity contribution in [1.82, 2.24) is 4.98 Å². The molecule has 1 fully saturated rings. The van der Waals surface area contributed by atoms with E-state index < -0.39 is 23.7 Å². The summed E-state index contributed by atoms with van der Waals surface area (Å²) in [7, 11) is 0. The van der Waals surface area contributed by atoms with Crippen LogP contribution in [0.25, 0.3) is 11.3 Å². The average Bonchev–Trinajstić information content (AvgIpc) is 3.02. The molecule has 1 saturated heterocycles. The first-order valence-electron chi connectivity index (χ1n) is 6.47. The van der Waals surface area contributed by atoms with E-state index in [1.807, 2.05) is 0 Å². The first-order valence-corrected chi connectivity index (χ1v) is 7.52. The molecule has 0 unspecified atom stereocenters. The van der Waals surface area contributed by atoms with Gasteiger partial charge in [0.2, 0.25) is 0 Å². The van der Waals surface area contributed by atoms with Gasteiger partial charge in [-0.15, -0.1) is 11.8 Å². The average molecular weight is 309 g/mol. The zero-order valence-electron chi connectivity index (χ0n) is 11.0. The fourth-order valence-electron chi connectivity index (χ4n) is 2.11. The third kappa shape index (κ3) is 2.91. The Morgan fingerprint density at radius 2 is 2.10 bits per heavy atom. The summed E-state index contributed by atoms with van der Waals surface area (Å²) in [5, 5.41) is 29.2. The van der Waals surface area contributed by atoms with Crippen LogP contribution in [0, 0.1) is 0 Å². The van der Waals surface area contributed by atoms with Crippen LogP contribution >= 0.6 is 11.8 Å². The number of aliphatic hydroxyl groups is 3. The van der Waals surface area contributed by atoms with E-state index in [2.05, 4.69) is 4.98 Å². The monoisotopic (exact) mass is 309 g/mol. The highest BCUT2D eigenvalue weighted by molar-refractivity contribution is 7.99. The first-order chi connectivity index (χ1) is 10.2. The molecule has 0 spiro atoms. The second-order valence-corrected chi connectivity index (χ2v) is 5.86. The quantitative estimate of drug-likeness (QED) is 0.774. The van der Waals surface area contributed by atoms with Crippen LogP contribution in [0.1, 0.15) is 0 Å². The summed E-state index contributed by atoms with van der Waals surface area (Å²) in [6, 6.07) is 5.22. The number of ether oxygens (including phenoxy) is 1. The smallest absolute Gasteiger partial charge is 0.173 e. The van der Waals surface area contributed by atoms with Crippen LogP contribution in [0.3, 0.4) is 0 Å². The molecule has 3 N–H and O–H groups in total. The lowest BCUT2D eigenvalue weighted by Gasteiger charge is -2.34. The van der Waals surface area contributed by atoms with Crippen molar-refractivity contribution in [3.63, 3.8) is 0 Å². The van der Waals surface area contributed by atoms with Crippen molar-refractivity contribution < 1.29 is 24.5 Å². The molecule has 0 aromatic carbocycles. The Morgan fingerprint density at radius 1 is 1.24 bits per heavy atom. The number of aromatic nitrogens is 1. The topological polar surface area (TPSA) is 96.0 Å². The molecule has 112 valence electrons. The minimum atomic E-state index is -1.22. The number of hydrogen-bond donors (Lipinski definition) is 3. The second kappa shape index (κ2) is 6.07. The van der Waals surface area contributed by atoms with Gasteiger partial charge in [-0.2, -0.15) is 0 Å². The van der Waals surface area contributed by atoms with Gasteiger partial charge in [-0.3, -0.25) is 4.98 Å². The zero-order chi connectivity index (χ0) is 14.8. The number of thioether (sulfide) groups is 1. The third-order valence-electron chi connectivity index (χ3n) is 3.26. The van der Waals surface area contributed by atoms with Crippen LogP contribution in [0.5, 0.6) is 5.75 Å². The summed E-state index contributed by atoms with van der Waals surface area (Å²) in [5.74, 6) is 0.781. The molecule has 1 aliphatic rings. The van der Waals surface area contributed by atoms with E-state index in [0.29, 0.717) is 17.2 Å². The van der Waals surface area contributed by atoms with Gasteiger partial charge in [0.1, 0.15) is 23.7 Å². The Hall–Kier alpha value is -1.54. The van der Waals surface area contributed by atoms with Crippen LogP contribution in [0.4, 0.5) is 0 Å². The number of aliphatic hydroxyl groups excluding tert-OH is 3. The summed E-state index contributed by atoms with van der Waals surface area (Å²) in [6.07, 6.45) is 1.39. The van der Waals surface area contributed by atoms with Gasteiger partial charge in [-0.25, -0.2) is 0 Å². The van der Waals surface area contributed by atoms with Crippen LogP contribution < -0.4 is 4.74 Å². The highest BCUT2D eigenvalue weighted by atomic mass is 32.2. The molecule has 2 aromatic heterocycles. The number of hydrogen-bond acceptors (Lipinski definition) is 7. The Kier molecular flexibility index (Phi) is 4.16. The van der Waals surface area contributed by atoms with Crippen molar-refractivity contribution in [2.75, 3.05) is 5.75 Å². The van der Waals surface area contributed by atoms with Gasteiger partial charge in [-0.05, 0) is 18.2 Å². The second-order valence-electron chi connectivity index (χ2n) is 4.73. The molecule has 0 saturated carbocycles.